The zero-order valence-corrected chi connectivity index (χ0v) is 21.7. The van der Waals surface area contributed by atoms with Crippen molar-refractivity contribution in [2.75, 3.05) is 45.3 Å². The van der Waals surface area contributed by atoms with Gasteiger partial charge in [-0.05, 0) is 56.7 Å². The first-order valence-electron chi connectivity index (χ1n) is 13.3. The Hall–Kier alpha value is -2.52. The first-order valence-corrected chi connectivity index (χ1v) is 13.3. The third-order valence-electron chi connectivity index (χ3n) is 7.75. The van der Waals surface area contributed by atoms with Gasteiger partial charge in [-0.1, -0.05) is 24.3 Å². The molecule has 1 aromatic carbocycles. The van der Waals surface area contributed by atoms with E-state index in [1.54, 1.807) is 7.11 Å². The standard InChI is InChI=1S/C28H39N5O3/c1-19(18-35-3)30-28-29-17-27-25(16-26(33(27)31-28)23-8-10-24(34)11-9-23)22-6-4-21(5-7-22)20(2)32-12-14-36-15-13-32/h4-7,16-17,19-20,23-24,34H,8-15,18H2,1-3H3,(H,30,31)/t19-,20-,23?,24?/m0/s1. The average molecular weight is 494 g/mol. The number of methoxy groups -OCH3 is 1. The number of morpholine rings is 1. The van der Waals surface area contributed by atoms with Gasteiger partial charge in [-0.25, -0.2) is 9.50 Å². The molecule has 1 saturated heterocycles. The number of anilines is 1. The number of aromatic nitrogens is 3. The first kappa shape index (κ1) is 25.1. The minimum atomic E-state index is -0.185. The monoisotopic (exact) mass is 493 g/mol. The fraction of sp³-hybridized carbons (Fsp3) is 0.571. The van der Waals surface area contributed by atoms with E-state index in [1.807, 2.05) is 6.20 Å². The summed E-state index contributed by atoms with van der Waals surface area (Å²) in [5.74, 6) is 0.968. The number of nitrogens with zero attached hydrogens (tertiary/aromatic N) is 4. The number of hydrogen-bond acceptors (Lipinski definition) is 7. The molecule has 1 aliphatic heterocycles. The maximum atomic E-state index is 10.1. The number of benzene rings is 1. The van der Waals surface area contributed by atoms with Crippen molar-refractivity contribution < 1.29 is 14.6 Å². The normalized spacial score (nSPS) is 23.0. The predicted octanol–water partition coefficient (Wildman–Crippen LogP) is 4.25. The van der Waals surface area contributed by atoms with Crippen molar-refractivity contribution >= 4 is 11.5 Å². The fourth-order valence-corrected chi connectivity index (χ4v) is 5.60. The Morgan fingerprint density at radius 2 is 1.83 bits per heavy atom. The van der Waals surface area contributed by atoms with E-state index in [1.165, 1.54) is 16.8 Å². The van der Waals surface area contributed by atoms with E-state index < -0.39 is 0 Å². The van der Waals surface area contributed by atoms with E-state index >= 15 is 0 Å². The summed E-state index contributed by atoms with van der Waals surface area (Å²) in [5, 5.41) is 18.3. The van der Waals surface area contributed by atoms with E-state index in [0.29, 0.717) is 24.5 Å². The second-order valence-electron chi connectivity index (χ2n) is 10.3. The number of hydrogen-bond donors (Lipinski definition) is 2. The second-order valence-corrected chi connectivity index (χ2v) is 10.3. The lowest BCUT2D eigenvalue weighted by Gasteiger charge is -2.32. The van der Waals surface area contributed by atoms with Gasteiger partial charge in [0.25, 0.3) is 0 Å². The van der Waals surface area contributed by atoms with Crippen LogP contribution in [0.2, 0.25) is 0 Å². The van der Waals surface area contributed by atoms with E-state index in [9.17, 15) is 5.11 Å². The lowest BCUT2D eigenvalue weighted by Crippen LogP contribution is -2.37. The molecule has 194 valence electrons. The van der Waals surface area contributed by atoms with Crippen LogP contribution in [0.3, 0.4) is 0 Å². The molecular weight excluding hydrogens is 454 g/mol. The molecule has 0 bridgehead atoms. The number of aliphatic hydroxyl groups is 1. The van der Waals surface area contributed by atoms with Crippen LogP contribution in [-0.2, 0) is 9.47 Å². The summed E-state index contributed by atoms with van der Waals surface area (Å²) in [6, 6.07) is 11.7. The number of ether oxygens (including phenoxy) is 2. The number of nitrogens with one attached hydrogen (secondary N) is 1. The highest BCUT2D eigenvalue weighted by Gasteiger charge is 2.26. The molecule has 1 saturated carbocycles. The molecule has 0 spiro atoms. The fourth-order valence-electron chi connectivity index (χ4n) is 5.60. The molecule has 2 fully saturated rings. The summed E-state index contributed by atoms with van der Waals surface area (Å²) < 4.78 is 12.9. The molecule has 2 aliphatic rings. The quantitative estimate of drug-likeness (QED) is 0.485. The number of fused-ring (bicyclic) bond motifs is 1. The van der Waals surface area contributed by atoms with Crippen molar-refractivity contribution in [1.29, 1.82) is 0 Å². The molecule has 5 rings (SSSR count). The van der Waals surface area contributed by atoms with Gasteiger partial charge in [-0.2, -0.15) is 0 Å². The largest absolute Gasteiger partial charge is 0.393 e. The Kier molecular flexibility index (Phi) is 7.86. The number of aliphatic hydroxyl groups excluding tert-OH is 1. The summed E-state index contributed by atoms with van der Waals surface area (Å²) in [7, 11) is 1.70. The third-order valence-corrected chi connectivity index (χ3v) is 7.75. The zero-order valence-electron chi connectivity index (χ0n) is 21.7. The smallest absolute Gasteiger partial charge is 0.241 e. The highest BCUT2D eigenvalue weighted by atomic mass is 16.5. The van der Waals surface area contributed by atoms with Crippen molar-refractivity contribution in [2.24, 2.45) is 0 Å². The Labute approximate surface area is 213 Å². The van der Waals surface area contributed by atoms with Crippen LogP contribution < -0.4 is 5.32 Å². The van der Waals surface area contributed by atoms with Crippen molar-refractivity contribution in [3.63, 3.8) is 0 Å². The average Bonchev–Trinajstić information content (AvgIpc) is 3.28. The van der Waals surface area contributed by atoms with Crippen LogP contribution in [0.15, 0.2) is 36.5 Å². The molecule has 2 atom stereocenters. The number of rotatable bonds is 8. The molecule has 8 nitrogen and oxygen atoms in total. The maximum absolute atomic E-state index is 10.1. The molecule has 2 N–H and O–H groups in total. The van der Waals surface area contributed by atoms with Gasteiger partial charge in [0.2, 0.25) is 5.95 Å². The second kappa shape index (κ2) is 11.3. The van der Waals surface area contributed by atoms with Gasteiger partial charge in [-0.3, -0.25) is 4.90 Å². The summed E-state index contributed by atoms with van der Waals surface area (Å²) in [6.45, 7) is 8.48. The van der Waals surface area contributed by atoms with Crippen molar-refractivity contribution in [1.82, 2.24) is 19.5 Å². The third kappa shape index (κ3) is 5.42. The highest BCUT2D eigenvalue weighted by molar-refractivity contribution is 5.81. The predicted molar refractivity (Wildman–Crippen MR) is 141 cm³/mol. The first-order chi connectivity index (χ1) is 17.5. The molecule has 3 heterocycles. The van der Waals surface area contributed by atoms with Crippen LogP contribution in [0.4, 0.5) is 5.95 Å². The Balaban J connectivity index is 1.47. The molecule has 0 radical (unpaired) electrons. The molecule has 1 aliphatic carbocycles. The van der Waals surface area contributed by atoms with E-state index in [-0.39, 0.29) is 12.1 Å². The molecular formula is C28H39N5O3. The van der Waals surface area contributed by atoms with Crippen LogP contribution in [0.1, 0.15) is 62.7 Å². The summed E-state index contributed by atoms with van der Waals surface area (Å²) in [5.41, 5.74) is 5.85. The highest BCUT2D eigenvalue weighted by Crippen LogP contribution is 2.38. The van der Waals surface area contributed by atoms with E-state index in [2.05, 4.69) is 63.9 Å². The summed E-state index contributed by atoms with van der Waals surface area (Å²) in [4.78, 5) is 7.12. The van der Waals surface area contributed by atoms with Crippen molar-refractivity contribution in [3.8, 4) is 11.1 Å². The van der Waals surface area contributed by atoms with Gasteiger partial charge < -0.3 is 19.9 Å². The lowest BCUT2D eigenvalue weighted by atomic mass is 9.85. The van der Waals surface area contributed by atoms with Gasteiger partial charge in [0.05, 0.1) is 37.6 Å². The Morgan fingerprint density at radius 3 is 2.53 bits per heavy atom. The topological polar surface area (TPSA) is 84.2 Å². The van der Waals surface area contributed by atoms with Gasteiger partial charge in [-0.15, -0.1) is 5.10 Å². The Morgan fingerprint density at radius 1 is 1.11 bits per heavy atom. The van der Waals surface area contributed by atoms with Crippen LogP contribution in [0, 0.1) is 0 Å². The molecule has 36 heavy (non-hydrogen) atoms. The van der Waals surface area contributed by atoms with Gasteiger partial charge >= 0.3 is 0 Å². The van der Waals surface area contributed by atoms with Crippen LogP contribution >= 0.6 is 0 Å². The molecule has 2 aromatic heterocycles. The minimum absolute atomic E-state index is 0.108. The summed E-state index contributed by atoms with van der Waals surface area (Å²) in [6.07, 6.45) is 5.35. The van der Waals surface area contributed by atoms with Gasteiger partial charge in [0.15, 0.2) is 0 Å². The Bertz CT molecular complexity index is 1130. The molecule has 0 amide bonds. The minimum Gasteiger partial charge on any atom is -0.393 e. The van der Waals surface area contributed by atoms with Crippen LogP contribution in [0.5, 0.6) is 0 Å². The maximum Gasteiger partial charge on any atom is 0.241 e. The molecule has 8 heteroatoms. The SMILES string of the molecule is COC[C@H](C)Nc1ncc2c(-c3ccc([C@H](C)N4CCOCC4)cc3)cc(C3CCC(O)CC3)n2n1. The zero-order chi connectivity index (χ0) is 25.1. The lowest BCUT2D eigenvalue weighted by molar-refractivity contribution is 0.0198. The molecule has 3 aromatic rings. The van der Waals surface area contributed by atoms with Crippen LogP contribution in [0.25, 0.3) is 16.6 Å². The van der Waals surface area contributed by atoms with Crippen molar-refractivity contribution in [2.45, 2.75) is 63.6 Å². The van der Waals surface area contributed by atoms with E-state index in [0.717, 1.165) is 63.1 Å². The molecule has 0 unspecified atom stereocenters. The van der Waals surface area contributed by atoms with E-state index in [4.69, 9.17) is 14.6 Å². The summed E-state index contributed by atoms with van der Waals surface area (Å²) >= 11 is 0. The van der Waals surface area contributed by atoms with Gasteiger partial charge in [0, 0.05) is 49.5 Å². The van der Waals surface area contributed by atoms with Crippen molar-refractivity contribution in [3.05, 3.63) is 47.8 Å². The van der Waals surface area contributed by atoms with Gasteiger partial charge in [0.1, 0.15) is 0 Å². The van der Waals surface area contributed by atoms with Crippen LogP contribution in [-0.4, -0.2) is 76.8 Å².